The van der Waals surface area contributed by atoms with E-state index in [-0.39, 0.29) is 0 Å². The van der Waals surface area contributed by atoms with Gasteiger partial charge in [-0.25, -0.2) is 15.0 Å². The van der Waals surface area contributed by atoms with Gasteiger partial charge in [0, 0.05) is 0 Å². The molecular formula is C9H8N3P. The molecule has 4 heteroatoms. The molecule has 0 aliphatic heterocycles. The van der Waals surface area contributed by atoms with Gasteiger partial charge in [-0.15, -0.1) is 0 Å². The first kappa shape index (κ1) is 8.27. The van der Waals surface area contributed by atoms with Crippen molar-refractivity contribution in [1.29, 1.82) is 0 Å². The summed E-state index contributed by atoms with van der Waals surface area (Å²) in [6, 6.07) is 10.2. The zero-order valence-electron chi connectivity index (χ0n) is 6.88. The van der Waals surface area contributed by atoms with Gasteiger partial charge in [-0.2, -0.15) is 0 Å². The summed E-state index contributed by atoms with van der Waals surface area (Å²) in [5.74, 6) is 0. The van der Waals surface area contributed by atoms with Gasteiger partial charge in [0.1, 0.15) is 12.7 Å². The van der Waals surface area contributed by atoms with E-state index in [9.17, 15) is 0 Å². The van der Waals surface area contributed by atoms with Gasteiger partial charge in [-0.05, 0) is 13.9 Å². The zero-order chi connectivity index (χ0) is 8.93. The Labute approximate surface area is 78.1 Å². The fraction of sp³-hybridized carbons (Fsp3) is 0. The molecule has 3 nitrogen and oxygen atoms in total. The number of aromatic nitrogens is 3. The van der Waals surface area contributed by atoms with Gasteiger partial charge in [0.05, 0.1) is 0 Å². The quantitative estimate of drug-likeness (QED) is 0.646. The molecule has 13 heavy (non-hydrogen) atoms. The first-order chi connectivity index (χ1) is 6.45. The Hall–Kier alpha value is -1.34. The van der Waals surface area contributed by atoms with Crippen LogP contribution in [0.1, 0.15) is 0 Å². The molecular weight excluding hydrogens is 181 g/mol. The molecule has 64 valence electrons. The lowest BCUT2D eigenvalue weighted by atomic mass is 10.4. The molecule has 0 aliphatic rings. The molecule has 0 fully saturated rings. The predicted molar refractivity (Wildman–Crippen MR) is 53.9 cm³/mol. The standard InChI is InChI=1S/C9H8N3P/c1-2-4-8(5-3-1)13-9-11-6-10-7-12-9/h1-7,13H. The molecule has 0 saturated heterocycles. The number of nitrogens with zero attached hydrogens (tertiary/aromatic N) is 3. The first-order valence-corrected chi connectivity index (χ1v) is 4.89. The van der Waals surface area contributed by atoms with Crippen LogP contribution in [0, 0.1) is 0 Å². The molecule has 1 aromatic carbocycles. The van der Waals surface area contributed by atoms with E-state index >= 15 is 0 Å². The fourth-order valence-corrected chi connectivity index (χ4v) is 1.82. The second-order valence-corrected chi connectivity index (χ2v) is 3.73. The summed E-state index contributed by atoms with van der Waals surface area (Å²) in [5.41, 5.74) is 0.834. The molecule has 2 aromatic rings. The van der Waals surface area contributed by atoms with Crippen LogP contribution in [-0.4, -0.2) is 15.0 Å². The van der Waals surface area contributed by atoms with Gasteiger partial charge in [-0.1, -0.05) is 30.3 Å². The van der Waals surface area contributed by atoms with Gasteiger partial charge in [-0.3, -0.25) is 0 Å². The minimum absolute atomic E-state index is 0.515. The lowest BCUT2D eigenvalue weighted by Crippen LogP contribution is -2.10. The maximum atomic E-state index is 4.06. The van der Waals surface area contributed by atoms with Crippen LogP contribution >= 0.6 is 8.58 Å². The molecule has 1 aromatic heterocycles. The van der Waals surface area contributed by atoms with Gasteiger partial charge >= 0.3 is 0 Å². The monoisotopic (exact) mass is 189 g/mol. The summed E-state index contributed by atoms with van der Waals surface area (Å²) >= 11 is 0. The van der Waals surface area contributed by atoms with Crippen molar-refractivity contribution in [3.05, 3.63) is 43.0 Å². The number of hydrogen-bond donors (Lipinski definition) is 0. The smallest absolute Gasteiger partial charge is 0.155 e. The second-order valence-electron chi connectivity index (χ2n) is 2.45. The zero-order valence-corrected chi connectivity index (χ0v) is 7.88. The Kier molecular flexibility index (Phi) is 2.58. The van der Waals surface area contributed by atoms with Crippen molar-refractivity contribution in [3.63, 3.8) is 0 Å². The minimum Gasteiger partial charge on any atom is -0.225 e. The molecule has 0 bridgehead atoms. The van der Waals surface area contributed by atoms with Gasteiger partial charge in [0.15, 0.2) is 5.57 Å². The van der Waals surface area contributed by atoms with Crippen molar-refractivity contribution in [2.75, 3.05) is 0 Å². The van der Waals surface area contributed by atoms with Crippen LogP contribution in [0.25, 0.3) is 0 Å². The molecule has 0 aliphatic carbocycles. The second kappa shape index (κ2) is 4.06. The number of benzene rings is 1. The molecule has 0 spiro atoms. The summed E-state index contributed by atoms with van der Waals surface area (Å²) in [5, 5.41) is 1.24. The van der Waals surface area contributed by atoms with Crippen LogP contribution < -0.4 is 10.9 Å². The van der Waals surface area contributed by atoms with Crippen LogP contribution in [0.5, 0.6) is 0 Å². The van der Waals surface area contributed by atoms with E-state index in [4.69, 9.17) is 0 Å². The average Bonchev–Trinajstić information content (AvgIpc) is 2.21. The van der Waals surface area contributed by atoms with E-state index in [2.05, 4.69) is 27.1 Å². The molecule has 2 rings (SSSR count). The highest BCUT2D eigenvalue weighted by Gasteiger charge is 1.95. The van der Waals surface area contributed by atoms with Crippen molar-refractivity contribution in [1.82, 2.24) is 15.0 Å². The molecule has 1 atom stereocenters. The van der Waals surface area contributed by atoms with E-state index < -0.39 is 0 Å². The van der Waals surface area contributed by atoms with E-state index in [1.165, 1.54) is 18.0 Å². The third-order valence-corrected chi connectivity index (χ3v) is 2.63. The lowest BCUT2D eigenvalue weighted by Gasteiger charge is -1.97. The Morgan fingerprint density at radius 3 is 2.31 bits per heavy atom. The summed E-state index contributed by atoms with van der Waals surface area (Å²) < 4.78 is 0. The number of rotatable bonds is 2. The normalized spacial score (nSPS) is 10.8. The molecule has 0 N–H and O–H groups in total. The van der Waals surface area contributed by atoms with Crippen molar-refractivity contribution in [3.8, 4) is 0 Å². The highest BCUT2D eigenvalue weighted by Crippen LogP contribution is 2.04. The maximum Gasteiger partial charge on any atom is 0.155 e. The first-order valence-electron chi connectivity index (χ1n) is 3.89. The largest absolute Gasteiger partial charge is 0.225 e. The average molecular weight is 189 g/mol. The summed E-state index contributed by atoms with van der Waals surface area (Å²) in [4.78, 5) is 11.9. The predicted octanol–water partition coefficient (Wildman–Crippen LogP) is 0.501. The van der Waals surface area contributed by atoms with Crippen molar-refractivity contribution in [2.45, 2.75) is 0 Å². The maximum absolute atomic E-state index is 4.06. The molecule has 0 radical (unpaired) electrons. The summed E-state index contributed by atoms with van der Waals surface area (Å²) in [6.07, 6.45) is 3.05. The van der Waals surface area contributed by atoms with Gasteiger partial charge in [0.25, 0.3) is 0 Å². The SMILES string of the molecule is c1ccc(Pc2ncncn2)cc1. The Bertz CT molecular complexity index is 326. The number of hydrogen-bond acceptors (Lipinski definition) is 3. The third kappa shape index (κ3) is 2.30. The van der Waals surface area contributed by atoms with Crippen molar-refractivity contribution < 1.29 is 0 Å². The molecule has 1 unspecified atom stereocenters. The van der Waals surface area contributed by atoms with E-state index in [1.807, 2.05) is 18.2 Å². The summed E-state index contributed by atoms with van der Waals surface area (Å²) in [6.45, 7) is 0. The summed E-state index contributed by atoms with van der Waals surface area (Å²) in [7, 11) is 0.515. The van der Waals surface area contributed by atoms with Gasteiger partial charge < -0.3 is 0 Å². The van der Waals surface area contributed by atoms with Crippen LogP contribution in [0.2, 0.25) is 0 Å². The van der Waals surface area contributed by atoms with E-state index in [0.717, 1.165) is 5.57 Å². The van der Waals surface area contributed by atoms with E-state index in [1.54, 1.807) is 0 Å². The Morgan fingerprint density at radius 2 is 1.62 bits per heavy atom. The van der Waals surface area contributed by atoms with Crippen LogP contribution in [0.3, 0.4) is 0 Å². The van der Waals surface area contributed by atoms with Crippen LogP contribution in [0.15, 0.2) is 43.0 Å². The lowest BCUT2D eigenvalue weighted by molar-refractivity contribution is 1.09. The Morgan fingerprint density at radius 1 is 0.923 bits per heavy atom. The van der Waals surface area contributed by atoms with Crippen LogP contribution in [-0.2, 0) is 0 Å². The molecule has 0 amide bonds. The fourth-order valence-electron chi connectivity index (χ4n) is 0.954. The molecule has 1 heterocycles. The third-order valence-electron chi connectivity index (χ3n) is 1.52. The van der Waals surface area contributed by atoms with Gasteiger partial charge in [0.2, 0.25) is 0 Å². The highest BCUT2D eigenvalue weighted by molar-refractivity contribution is 7.54. The van der Waals surface area contributed by atoms with Crippen molar-refractivity contribution >= 4 is 19.5 Å². The minimum atomic E-state index is 0.515. The van der Waals surface area contributed by atoms with E-state index in [0.29, 0.717) is 8.58 Å². The van der Waals surface area contributed by atoms with Crippen molar-refractivity contribution in [2.24, 2.45) is 0 Å². The highest BCUT2D eigenvalue weighted by atomic mass is 31.1. The van der Waals surface area contributed by atoms with Crippen LogP contribution in [0.4, 0.5) is 0 Å². The Balaban J connectivity index is 2.16. The topological polar surface area (TPSA) is 38.7 Å². The molecule has 0 saturated carbocycles.